The van der Waals surface area contributed by atoms with E-state index in [4.69, 9.17) is 9.84 Å². The maximum atomic E-state index is 12.4. The number of carboxylic acids is 1. The number of anilines is 1. The molecule has 1 aromatic carbocycles. The first-order valence-corrected chi connectivity index (χ1v) is 8.75. The van der Waals surface area contributed by atoms with Gasteiger partial charge in [0.05, 0.1) is 17.4 Å². The van der Waals surface area contributed by atoms with Crippen molar-refractivity contribution < 1.29 is 23.1 Å². The molecule has 0 aromatic heterocycles. The largest absolute Gasteiger partial charge is 0.478 e. The molecule has 0 radical (unpaired) electrons. The molecule has 8 heteroatoms. The number of sulfonamides is 1. The van der Waals surface area contributed by atoms with E-state index in [0.29, 0.717) is 18.8 Å². The average Bonchev–Trinajstić information content (AvgIpc) is 3.04. The molecule has 0 bridgehead atoms. The van der Waals surface area contributed by atoms with Crippen LogP contribution in [0.1, 0.15) is 23.2 Å². The molecule has 0 spiro atoms. The number of hydrogen-bond donors (Lipinski definition) is 3. The Hall–Kier alpha value is -1.90. The van der Waals surface area contributed by atoms with Crippen LogP contribution in [0.4, 0.5) is 5.69 Å². The van der Waals surface area contributed by atoms with Crippen LogP contribution in [0.5, 0.6) is 0 Å². The van der Waals surface area contributed by atoms with Gasteiger partial charge in [-0.25, -0.2) is 17.9 Å². The van der Waals surface area contributed by atoms with Crippen LogP contribution in [0, 0.1) is 0 Å². The Balaban J connectivity index is 2.28. The zero-order valence-corrected chi connectivity index (χ0v) is 13.4. The van der Waals surface area contributed by atoms with E-state index in [1.807, 2.05) is 0 Å². The lowest BCUT2D eigenvalue weighted by Gasteiger charge is -2.16. The third-order valence-electron chi connectivity index (χ3n) is 3.48. The number of benzene rings is 1. The SMILES string of the molecule is C=CCNS(=O)(=O)c1cc(C(=O)O)ccc1NC[C@H]1CCCO1. The van der Waals surface area contributed by atoms with E-state index in [2.05, 4.69) is 16.6 Å². The van der Waals surface area contributed by atoms with Crippen molar-refractivity contribution in [2.75, 3.05) is 25.0 Å². The van der Waals surface area contributed by atoms with Crippen molar-refractivity contribution in [3.63, 3.8) is 0 Å². The van der Waals surface area contributed by atoms with Gasteiger partial charge in [-0.1, -0.05) is 6.08 Å². The fourth-order valence-electron chi connectivity index (χ4n) is 2.30. The van der Waals surface area contributed by atoms with Crippen molar-refractivity contribution in [3.05, 3.63) is 36.4 Å². The van der Waals surface area contributed by atoms with E-state index < -0.39 is 16.0 Å². The van der Waals surface area contributed by atoms with E-state index in [-0.39, 0.29) is 23.1 Å². The fraction of sp³-hybridized carbons (Fsp3) is 0.400. The maximum absolute atomic E-state index is 12.4. The Kier molecular flexibility index (Phi) is 5.75. The van der Waals surface area contributed by atoms with Gasteiger partial charge in [-0.2, -0.15) is 0 Å². The number of carbonyl (C=O) groups is 1. The van der Waals surface area contributed by atoms with Gasteiger partial charge >= 0.3 is 5.97 Å². The van der Waals surface area contributed by atoms with E-state index in [9.17, 15) is 13.2 Å². The highest BCUT2D eigenvalue weighted by molar-refractivity contribution is 7.89. The molecule has 1 saturated heterocycles. The Bertz CT molecular complexity index is 681. The second-order valence-electron chi connectivity index (χ2n) is 5.17. The van der Waals surface area contributed by atoms with Crippen LogP contribution in [-0.2, 0) is 14.8 Å². The molecule has 7 nitrogen and oxygen atoms in total. The number of nitrogens with one attached hydrogen (secondary N) is 2. The summed E-state index contributed by atoms with van der Waals surface area (Å²) >= 11 is 0. The minimum Gasteiger partial charge on any atom is -0.478 e. The number of carboxylic acid groups (broad SMARTS) is 1. The molecular weight excluding hydrogens is 320 g/mol. The molecule has 0 amide bonds. The quantitative estimate of drug-likeness (QED) is 0.619. The fourth-order valence-corrected chi connectivity index (χ4v) is 3.50. The molecule has 1 aliphatic rings. The third kappa shape index (κ3) is 4.54. The van der Waals surface area contributed by atoms with E-state index in [0.717, 1.165) is 18.9 Å². The van der Waals surface area contributed by atoms with Crippen molar-refractivity contribution in [1.82, 2.24) is 4.72 Å². The third-order valence-corrected chi connectivity index (χ3v) is 4.94. The highest BCUT2D eigenvalue weighted by Gasteiger charge is 2.22. The van der Waals surface area contributed by atoms with Gasteiger partial charge in [0.1, 0.15) is 4.90 Å². The van der Waals surface area contributed by atoms with Crippen LogP contribution >= 0.6 is 0 Å². The summed E-state index contributed by atoms with van der Waals surface area (Å²) in [7, 11) is -3.84. The zero-order chi connectivity index (χ0) is 16.9. The lowest BCUT2D eigenvalue weighted by molar-refractivity contribution is 0.0696. The van der Waals surface area contributed by atoms with Crippen molar-refractivity contribution in [2.45, 2.75) is 23.8 Å². The summed E-state index contributed by atoms with van der Waals surface area (Å²) in [5.41, 5.74) is 0.258. The average molecular weight is 340 g/mol. The molecular formula is C15H20N2O5S. The Morgan fingerprint density at radius 2 is 2.26 bits per heavy atom. The van der Waals surface area contributed by atoms with E-state index >= 15 is 0 Å². The van der Waals surface area contributed by atoms with Gasteiger partial charge in [0, 0.05) is 19.7 Å². The summed E-state index contributed by atoms with van der Waals surface area (Å²) < 4.78 is 32.6. The van der Waals surface area contributed by atoms with Crippen molar-refractivity contribution in [2.24, 2.45) is 0 Å². The van der Waals surface area contributed by atoms with Gasteiger partial charge in [0.25, 0.3) is 0 Å². The van der Waals surface area contributed by atoms with Crippen molar-refractivity contribution in [3.8, 4) is 0 Å². The lowest BCUT2D eigenvalue weighted by Crippen LogP contribution is -2.26. The number of hydrogen-bond acceptors (Lipinski definition) is 5. The van der Waals surface area contributed by atoms with Gasteiger partial charge in [0.15, 0.2) is 0 Å². The van der Waals surface area contributed by atoms with E-state index in [1.54, 1.807) is 0 Å². The predicted molar refractivity (Wildman–Crippen MR) is 86.3 cm³/mol. The Morgan fingerprint density at radius 3 is 2.87 bits per heavy atom. The minimum atomic E-state index is -3.84. The second kappa shape index (κ2) is 7.58. The molecule has 1 heterocycles. The molecule has 1 fully saturated rings. The summed E-state index contributed by atoms with van der Waals surface area (Å²) in [4.78, 5) is 11.0. The molecule has 0 unspecified atom stereocenters. The van der Waals surface area contributed by atoms with Gasteiger partial charge in [-0.15, -0.1) is 6.58 Å². The normalized spacial score (nSPS) is 17.8. The molecule has 1 aliphatic heterocycles. The zero-order valence-electron chi connectivity index (χ0n) is 12.6. The van der Waals surface area contributed by atoms with E-state index in [1.165, 1.54) is 18.2 Å². The van der Waals surface area contributed by atoms with Crippen LogP contribution in [0.2, 0.25) is 0 Å². The monoisotopic (exact) mass is 340 g/mol. The smallest absolute Gasteiger partial charge is 0.335 e. The minimum absolute atomic E-state index is 0.0332. The van der Waals surface area contributed by atoms with Gasteiger partial charge < -0.3 is 15.2 Å². The summed E-state index contributed by atoms with van der Waals surface area (Å²) in [5, 5.41) is 12.1. The molecule has 1 aromatic rings. The molecule has 0 saturated carbocycles. The second-order valence-corrected chi connectivity index (χ2v) is 6.91. The maximum Gasteiger partial charge on any atom is 0.335 e. The highest BCUT2D eigenvalue weighted by Crippen LogP contribution is 2.24. The van der Waals surface area contributed by atoms with Gasteiger partial charge in [-0.05, 0) is 31.0 Å². The first kappa shape index (κ1) is 17.5. The van der Waals surface area contributed by atoms with Gasteiger partial charge in [-0.3, -0.25) is 0 Å². The molecule has 1 atom stereocenters. The van der Waals surface area contributed by atoms with Crippen LogP contribution in [-0.4, -0.2) is 45.3 Å². The number of rotatable bonds is 8. The van der Waals surface area contributed by atoms with Crippen LogP contribution < -0.4 is 10.0 Å². The van der Waals surface area contributed by atoms with Gasteiger partial charge in [0.2, 0.25) is 10.0 Å². The topological polar surface area (TPSA) is 105 Å². The molecule has 3 N–H and O–H groups in total. The number of ether oxygens (including phenoxy) is 1. The van der Waals surface area contributed by atoms with Crippen molar-refractivity contribution >= 4 is 21.7 Å². The molecule has 2 rings (SSSR count). The molecule has 0 aliphatic carbocycles. The first-order valence-electron chi connectivity index (χ1n) is 7.27. The predicted octanol–water partition coefficient (Wildman–Crippen LogP) is 1.44. The summed E-state index contributed by atoms with van der Waals surface area (Å²) in [6.07, 6.45) is 3.34. The summed E-state index contributed by atoms with van der Waals surface area (Å²) in [5.74, 6) is -1.18. The number of aromatic carboxylic acids is 1. The lowest BCUT2D eigenvalue weighted by atomic mass is 10.2. The summed E-state index contributed by atoms with van der Waals surface area (Å²) in [6.45, 7) is 4.69. The Labute approximate surface area is 135 Å². The Morgan fingerprint density at radius 1 is 1.48 bits per heavy atom. The van der Waals surface area contributed by atoms with Crippen LogP contribution in [0.15, 0.2) is 35.7 Å². The van der Waals surface area contributed by atoms with Crippen LogP contribution in [0.25, 0.3) is 0 Å². The van der Waals surface area contributed by atoms with Crippen LogP contribution in [0.3, 0.4) is 0 Å². The highest BCUT2D eigenvalue weighted by atomic mass is 32.2. The first-order chi connectivity index (χ1) is 10.9. The standard InChI is InChI=1S/C15H20N2O5S/c1-2-7-17-23(20,21)14-9-11(15(18)19)5-6-13(14)16-10-12-4-3-8-22-12/h2,5-6,9,12,16-17H,1,3-4,7-8,10H2,(H,18,19)/t12-/m1/s1. The molecule has 126 valence electrons. The summed E-state index contributed by atoms with van der Waals surface area (Å²) in [6, 6.07) is 3.97. The molecule has 23 heavy (non-hydrogen) atoms. The van der Waals surface area contributed by atoms with Crippen molar-refractivity contribution in [1.29, 1.82) is 0 Å².